The SMILES string of the molecule is NNC(=O)C1CCN(C(=O)COc2cccc(F)c2)CC1. The highest BCUT2D eigenvalue weighted by Crippen LogP contribution is 2.18. The Bertz CT molecular complexity index is 516. The Labute approximate surface area is 122 Å². The number of hydrogen-bond acceptors (Lipinski definition) is 4. The quantitative estimate of drug-likeness (QED) is 0.479. The minimum Gasteiger partial charge on any atom is -0.484 e. The number of nitrogens with zero attached hydrogens (tertiary/aromatic N) is 1. The molecule has 114 valence electrons. The molecule has 1 heterocycles. The van der Waals surface area contributed by atoms with Crippen LogP contribution < -0.4 is 16.0 Å². The molecule has 0 radical (unpaired) electrons. The molecule has 0 bridgehead atoms. The Kier molecular flexibility index (Phi) is 5.10. The fraction of sp³-hybridized carbons (Fsp3) is 0.429. The zero-order chi connectivity index (χ0) is 15.2. The van der Waals surface area contributed by atoms with Crippen LogP contribution in [0.4, 0.5) is 4.39 Å². The number of halogens is 1. The molecule has 0 saturated carbocycles. The molecule has 0 unspecified atom stereocenters. The summed E-state index contributed by atoms with van der Waals surface area (Å²) in [6.07, 6.45) is 1.16. The molecule has 1 aliphatic heterocycles. The van der Waals surface area contributed by atoms with E-state index < -0.39 is 5.82 Å². The Hall–Kier alpha value is -2.15. The van der Waals surface area contributed by atoms with Gasteiger partial charge in [0.1, 0.15) is 11.6 Å². The molecular weight excluding hydrogens is 277 g/mol. The van der Waals surface area contributed by atoms with Crippen LogP contribution in [0, 0.1) is 11.7 Å². The molecule has 2 rings (SSSR count). The van der Waals surface area contributed by atoms with E-state index in [0.717, 1.165) is 0 Å². The minimum absolute atomic E-state index is 0.142. The van der Waals surface area contributed by atoms with Gasteiger partial charge >= 0.3 is 0 Å². The lowest BCUT2D eigenvalue weighted by Gasteiger charge is -2.30. The van der Waals surface area contributed by atoms with Crippen molar-refractivity contribution in [2.75, 3.05) is 19.7 Å². The Morgan fingerprint density at radius 2 is 2.10 bits per heavy atom. The number of piperidine rings is 1. The first-order chi connectivity index (χ1) is 10.1. The third-order valence-electron chi connectivity index (χ3n) is 3.52. The maximum absolute atomic E-state index is 13.0. The number of likely N-dealkylation sites (tertiary alicyclic amines) is 1. The van der Waals surface area contributed by atoms with E-state index in [1.807, 2.05) is 0 Å². The number of hydrogen-bond donors (Lipinski definition) is 2. The van der Waals surface area contributed by atoms with Gasteiger partial charge in [-0.25, -0.2) is 10.2 Å². The highest BCUT2D eigenvalue weighted by Gasteiger charge is 2.26. The van der Waals surface area contributed by atoms with Gasteiger partial charge in [0.05, 0.1) is 0 Å². The molecular formula is C14H18FN3O3. The van der Waals surface area contributed by atoms with Crippen LogP contribution in [-0.4, -0.2) is 36.4 Å². The second kappa shape index (κ2) is 7.03. The second-order valence-electron chi connectivity index (χ2n) is 4.91. The molecule has 1 aliphatic rings. The summed E-state index contributed by atoms with van der Waals surface area (Å²) in [5.74, 6) is 4.48. The first-order valence-corrected chi connectivity index (χ1v) is 6.76. The fourth-order valence-electron chi connectivity index (χ4n) is 2.30. The second-order valence-corrected chi connectivity index (χ2v) is 4.91. The van der Waals surface area contributed by atoms with Gasteiger partial charge in [0.15, 0.2) is 6.61 Å². The maximum Gasteiger partial charge on any atom is 0.260 e. The lowest BCUT2D eigenvalue weighted by Crippen LogP contribution is -2.45. The van der Waals surface area contributed by atoms with Gasteiger partial charge in [0.2, 0.25) is 5.91 Å². The normalized spacial score (nSPS) is 15.6. The van der Waals surface area contributed by atoms with E-state index in [9.17, 15) is 14.0 Å². The first kappa shape index (κ1) is 15.2. The fourth-order valence-corrected chi connectivity index (χ4v) is 2.30. The molecule has 6 nitrogen and oxygen atoms in total. The number of rotatable bonds is 4. The summed E-state index contributed by atoms with van der Waals surface area (Å²) in [5.41, 5.74) is 2.13. The topological polar surface area (TPSA) is 84.7 Å². The standard InChI is InChI=1S/C14H18FN3O3/c15-11-2-1-3-12(8-11)21-9-13(19)18-6-4-10(5-7-18)14(20)17-16/h1-3,8,10H,4-7,9,16H2,(H,17,20). The van der Waals surface area contributed by atoms with E-state index in [0.29, 0.717) is 31.7 Å². The van der Waals surface area contributed by atoms with Crippen LogP contribution in [0.15, 0.2) is 24.3 Å². The van der Waals surface area contributed by atoms with Crippen molar-refractivity contribution in [2.45, 2.75) is 12.8 Å². The van der Waals surface area contributed by atoms with Gasteiger partial charge in [0, 0.05) is 25.1 Å². The summed E-state index contributed by atoms with van der Waals surface area (Å²) in [7, 11) is 0. The van der Waals surface area contributed by atoms with Crippen molar-refractivity contribution < 1.29 is 18.7 Å². The third-order valence-corrected chi connectivity index (χ3v) is 3.52. The molecule has 1 saturated heterocycles. The Balaban J connectivity index is 1.78. The summed E-state index contributed by atoms with van der Waals surface area (Å²) in [6, 6.07) is 5.65. The van der Waals surface area contributed by atoms with E-state index in [-0.39, 0.29) is 24.3 Å². The average molecular weight is 295 g/mol. The predicted molar refractivity (Wildman–Crippen MR) is 73.5 cm³/mol. The summed E-state index contributed by atoms with van der Waals surface area (Å²) in [6.45, 7) is 0.837. The number of ether oxygens (including phenoxy) is 1. The lowest BCUT2D eigenvalue weighted by atomic mass is 9.96. The van der Waals surface area contributed by atoms with E-state index in [2.05, 4.69) is 5.43 Å². The highest BCUT2D eigenvalue weighted by atomic mass is 19.1. The van der Waals surface area contributed by atoms with Gasteiger partial charge in [-0.1, -0.05) is 6.07 Å². The molecule has 3 N–H and O–H groups in total. The van der Waals surface area contributed by atoms with Gasteiger partial charge in [-0.3, -0.25) is 15.0 Å². The van der Waals surface area contributed by atoms with Gasteiger partial charge in [-0.05, 0) is 25.0 Å². The van der Waals surface area contributed by atoms with Crippen molar-refractivity contribution in [3.63, 3.8) is 0 Å². The largest absolute Gasteiger partial charge is 0.484 e. The summed E-state index contributed by atoms with van der Waals surface area (Å²) >= 11 is 0. The van der Waals surface area contributed by atoms with Crippen LogP contribution in [-0.2, 0) is 9.59 Å². The molecule has 1 aromatic carbocycles. The molecule has 0 aromatic heterocycles. The number of nitrogens with one attached hydrogen (secondary N) is 1. The van der Waals surface area contributed by atoms with Crippen LogP contribution >= 0.6 is 0 Å². The molecule has 1 fully saturated rings. The number of carbonyl (C=O) groups is 2. The predicted octanol–water partition coefficient (Wildman–Crippen LogP) is 0.433. The van der Waals surface area contributed by atoms with E-state index >= 15 is 0 Å². The van der Waals surface area contributed by atoms with Crippen LogP contribution in [0.1, 0.15) is 12.8 Å². The van der Waals surface area contributed by atoms with Crippen molar-refractivity contribution >= 4 is 11.8 Å². The molecule has 7 heteroatoms. The minimum atomic E-state index is -0.409. The van der Waals surface area contributed by atoms with Crippen molar-refractivity contribution in [3.8, 4) is 5.75 Å². The van der Waals surface area contributed by atoms with Crippen LogP contribution in [0.25, 0.3) is 0 Å². The van der Waals surface area contributed by atoms with E-state index in [1.165, 1.54) is 18.2 Å². The number of carbonyl (C=O) groups excluding carboxylic acids is 2. The monoisotopic (exact) mass is 295 g/mol. The molecule has 0 atom stereocenters. The van der Waals surface area contributed by atoms with Gasteiger partial charge < -0.3 is 9.64 Å². The first-order valence-electron chi connectivity index (χ1n) is 6.76. The van der Waals surface area contributed by atoms with Crippen molar-refractivity contribution in [3.05, 3.63) is 30.1 Å². The van der Waals surface area contributed by atoms with Crippen molar-refractivity contribution in [2.24, 2.45) is 11.8 Å². The number of hydrazine groups is 1. The molecule has 2 amide bonds. The molecule has 21 heavy (non-hydrogen) atoms. The van der Waals surface area contributed by atoms with Gasteiger partial charge in [-0.15, -0.1) is 0 Å². The zero-order valence-electron chi connectivity index (χ0n) is 11.5. The smallest absolute Gasteiger partial charge is 0.260 e. The number of benzene rings is 1. The molecule has 1 aromatic rings. The third kappa shape index (κ3) is 4.16. The van der Waals surface area contributed by atoms with Gasteiger partial charge in [-0.2, -0.15) is 0 Å². The van der Waals surface area contributed by atoms with Gasteiger partial charge in [0.25, 0.3) is 5.91 Å². The Morgan fingerprint density at radius 3 is 2.71 bits per heavy atom. The summed E-state index contributed by atoms with van der Waals surface area (Å²) in [5, 5.41) is 0. The average Bonchev–Trinajstić information content (AvgIpc) is 2.52. The highest BCUT2D eigenvalue weighted by molar-refractivity contribution is 5.80. The van der Waals surface area contributed by atoms with Crippen LogP contribution in [0.2, 0.25) is 0 Å². The Morgan fingerprint density at radius 1 is 1.38 bits per heavy atom. The van der Waals surface area contributed by atoms with E-state index in [1.54, 1.807) is 11.0 Å². The lowest BCUT2D eigenvalue weighted by molar-refractivity contribution is -0.137. The zero-order valence-corrected chi connectivity index (χ0v) is 11.5. The van der Waals surface area contributed by atoms with Crippen molar-refractivity contribution in [1.29, 1.82) is 0 Å². The van der Waals surface area contributed by atoms with E-state index in [4.69, 9.17) is 10.6 Å². The summed E-state index contributed by atoms with van der Waals surface area (Å²) in [4.78, 5) is 25.0. The molecule has 0 spiro atoms. The maximum atomic E-state index is 13.0. The van der Waals surface area contributed by atoms with Crippen molar-refractivity contribution in [1.82, 2.24) is 10.3 Å². The number of amides is 2. The van der Waals surface area contributed by atoms with Crippen LogP contribution in [0.3, 0.4) is 0 Å². The molecule has 0 aliphatic carbocycles. The van der Waals surface area contributed by atoms with Crippen LogP contribution in [0.5, 0.6) is 5.75 Å². The summed E-state index contributed by atoms with van der Waals surface area (Å²) < 4.78 is 18.2. The number of nitrogens with two attached hydrogens (primary N) is 1.